The van der Waals surface area contributed by atoms with E-state index in [1.165, 1.54) is 13.0 Å². The van der Waals surface area contributed by atoms with E-state index in [2.05, 4.69) is 5.32 Å². The summed E-state index contributed by atoms with van der Waals surface area (Å²) in [6, 6.07) is 12.1. The van der Waals surface area contributed by atoms with Crippen LogP contribution >= 0.6 is 0 Å². The minimum absolute atomic E-state index is 0.431. The van der Waals surface area contributed by atoms with Crippen LogP contribution in [0.3, 0.4) is 0 Å². The van der Waals surface area contributed by atoms with Gasteiger partial charge in [-0.05, 0) is 61.9 Å². The highest BCUT2D eigenvalue weighted by Gasteiger charge is 2.16. The molecular weight excluding hydrogens is 374 g/mol. The molecule has 0 saturated heterocycles. The number of methoxy groups -OCH3 is 2. The lowest BCUT2D eigenvalue weighted by Crippen LogP contribution is -2.29. The van der Waals surface area contributed by atoms with E-state index >= 15 is 0 Å². The van der Waals surface area contributed by atoms with Gasteiger partial charge < -0.3 is 24.3 Å². The summed E-state index contributed by atoms with van der Waals surface area (Å²) in [5.41, 5.74) is 1.31. The summed E-state index contributed by atoms with van der Waals surface area (Å²) < 4.78 is 21.0. The summed E-state index contributed by atoms with van der Waals surface area (Å²) in [7, 11) is 3.11. The lowest BCUT2D eigenvalue weighted by molar-refractivity contribution is -0.148. The molecule has 2 aromatic rings. The van der Waals surface area contributed by atoms with Gasteiger partial charge in [0.1, 0.15) is 5.75 Å². The zero-order valence-corrected chi connectivity index (χ0v) is 16.9. The van der Waals surface area contributed by atoms with Crippen molar-refractivity contribution in [3.63, 3.8) is 0 Å². The van der Waals surface area contributed by atoms with E-state index in [0.717, 1.165) is 5.56 Å². The lowest BCUT2D eigenvalue weighted by atomic mass is 10.2. The Kier molecular flexibility index (Phi) is 8.09. The first kappa shape index (κ1) is 21.8. The van der Waals surface area contributed by atoms with Gasteiger partial charge in [-0.25, -0.2) is 4.79 Å². The Balaban J connectivity index is 1.92. The van der Waals surface area contributed by atoms with E-state index in [0.29, 0.717) is 29.5 Å². The molecule has 0 fully saturated rings. The maximum atomic E-state index is 12.2. The second kappa shape index (κ2) is 10.8. The maximum absolute atomic E-state index is 12.2. The Hall–Kier alpha value is -3.48. The van der Waals surface area contributed by atoms with Crippen LogP contribution in [-0.2, 0) is 14.3 Å². The molecule has 7 heteroatoms. The molecule has 0 aliphatic heterocycles. The molecular formula is C22H25NO6. The number of carbonyl (C=O) groups is 2. The van der Waals surface area contributed by atoms with Crippen molar-refractivity contribution in [2.75, 3.05) is 26.1 Å². The SMILES string of the molecule is CCOc1ccc(/C=C/C(=O)O[C@H](C)C(=O)Nc2ccc(OC)cc2)cc1OC. The molecule has 0 aliphatic carbocycles. The normalized spacial score (nSPS) is 11.6. The summed E-state index contributed by atoms with van der Waals surface area (Å²) in [6.07, 6.45) is 1.88. The van der Waals surface area contributed by atoms with Crippen molar-refractivity contribution in [3.05, 3.63) is 54.1 Å². The molecule has 1 atom stereocenters. The molecule has 0 saturated carbocycles. The second-order valence-corrected chi connectivity index (χ2v) is 5.97. The van der Waals surface area contributed by atoms with Crippen molar-refractivity contribution in [3.8, 4) is 17.2 Å². The van der Waals surface area contributed by atoms with E-state index in [-0.39, 0.29) is 0 Å². The third-order valence-electron chi connectivity index (χ3n) is 3.92. The molecule has 0 unspecified atom stereocenters. The summed E-state index contributed by atoms with van der Waals surface area (Å²) >= 11 is 0. The summed E-state index contributed by atoms with van der Waals surface area (Å²) in [6.45, 7) is 3.91. The molecule has 0 radical (unpaired) electrons. The minimum Gasteiger partial charge on any atom is -0.497 e. The van der Waals surface area contributed by atoms with Crippen LogP contribution in [0.1, 0.15) is 19.4 Å². The highest BCUT2D eigenvalue weighted by Crippen LogP contribution is 2.28. The van der Waals surface area contributed by atoms with Crippen molar-refractivity contribution in [2.45, 2.75) is 20.0 Å². The third-order valence-corrected chi connectivity index (χ3v) is 3.92. The fourth-order valence-electron chi connectivity index (χ4n) is 2.41. The molecule has 2 aromatic carbocycles. The van der Waals surface area contributed by atoms with Crippen LogP contribution in [-0.4, -0.2) is 38.8 Å². The summed E-state index contributed by atoms with van der Waals surface area (Å²) in [5, 5.41) is 2.68. The number of nitrogens with one attached hydrogen (secondary N) is 1. The molecule has 29 heavy (non-hydrogen) atoms. The van der Waals surface area contributed by atoms with Crippen LogP contribution in [0.15, 0.2) is 48.5 Å². The topological polar surface area (TPSA) is 83.1 Å². The van der Waals surface area contributed by atoms with Crippen LogP contribution < -0.4 is 19.5 Å². The van der Waals surface area contributed by atoms with Crippen LogP contribution in [0, 0.1) is 0 Å². The molecule has 0 aromatic heterocycles. The van der Waals surface area contributed by atoms with Crippen LogP contribution in [0.25, 0.3) is 6.08 Å². The average molecular weight is 399 g/mol. The lowest BCUT2D eigenvalue weighted by Gasteiger charge is -2.12. The number of ether oxygens (including phenoxy) is 4. The van der Waals surface area contributed by atoms with Gasteiger partial charge in [0.05, 0.1) is 20.8 Å². The van der Waals surface area contributed by atoms with Gasteiger partial charge in [0, 0.05) is 11.8 Å². The average Bonchev–Trinajstić information content (AvgIpc) is 2.73. The minimum atomic E-state index is -0.955. The Bertz CT molecular complexity index is 860. The first-order chi connectivity index (χ1) is 14.0. The van der Waals surface area contributed by atoms with E-state index in [1.54, 1.807) is 62.8 Å². The van der Waals surface area contributed by atoms with E-state index in [4.69, 9.17) is 18.9 Å². The number of hydrogen-bond acceptors (Lipinski definition) is 6. The van der Waals surface area contributed by atoms with Gasteiger partial charge in [-0.2, -0.15) is 0 Å². The standard InChI is InChI=1S/C22H25NO6/c1-5-28-19-12-6-16(14-20(19)27-4)7-13-21(24)29-15(2)22(25)23-17-8-10-18(26-3)11-9-17/h6-15H,5H2,1-4H3,(H,23,25)/b13-7+/t15-/m1/s1. The van der Waals surface area contributed by atoms with Gasteiger partial charge in [0.25, 0.3) is 5.91 Å². The summed E-state index contributed by atoms with van der Waals surface area (Å²) in [4.78, 5) is 24.2. The number of amides is 1. The van der Waals surface area contributed by atoms with E-state index < -0.39 is 18.0 Å². The van der Waals surface area contributed by atoms with Gasteiger partial charge in [0.2, 0.25) is 0 Å². The highest BCUT2D eigenvalue weighted by atomic mass is 16.5. The van der Waals surface area contributed by atoms with Gasteiger partial charge in [0.15, 0.2) is 17.6 Å². The number of anilines is 1. The zero-order valence-electron chi connectivity index (χ0n) is 16.9. The molecule has 1 amide bonds. The van der Waals surface area contributed by atoms with Crippen molar-refractivity contribution in [1.29, 1.82) is 0 Å². The van der Waals surface area contributed by atoms with Crippen molar-refractivity contribution in [1.82, 2.24) is 0 Å². The maximum Gasteiger partial charge on any atom is 0.331 e. The molecule has 0 aliphatic rings. The van der Waals surface area contributed by atoms with Crippen molar-refractivity contribution >= 4 is 23.6 Å². The number of esters is 1. The first-order valence-electron chi connectivity index (χ1n) is 9.11. The molecule has 0 heterocycles. The Morgan fingerprint density at radius 2 is 1.76 bits per heavy atom. The Labute approximate surface area is 170 Å². The predicted octanol–water partition coefficient (Wildman–Crippen LogP) is 3.69. The molecule has 2 rings (SSSR count). The van der Waals surface area contributed by atoms with Gasteiger partial charge in [-0.1, -0.05) is 6.07 Å². The smallest absolute Gasteiger partial charge is 0.331 e. The largest absolute Gasteiger partial charge is 0.497 e. The van der Waals surface area contributed by atoms with Crippen LogP contribution in [0.4, 0.5) is 5.69 Å². The second-order valence-electron chi connectivity index (χ2n) is 5.97. The number of rotatable bonds is 9. The fraction of sp³-hybridized carbons (Fsp3) is 0.273. The van der Waals surface area contributed by atoms with Crippen LogP contribution in [0.2, 0.25) is 0 Å². The quantitative estimate of drug-likeness (QED) is 0.512. The van der Waals surface area contributed by atoms with Gasteiger partial charge in [-0.3, -0.25) is 4.79 Å². The van der Waals surface area contributed by atoms with E-state index in [9.17, 15) is 9.59 Å². The molecule has 0 spiro atoms. The first-order valence-corrected chi connectivity index (χ1v) is 9.11. The fourth-order valence-corrected chi connectivity index (χ4v) is 2.41. The molecule has 7 nitrogen and oxygen atoms in total. The molecule has 154 valence electrons. The summed E-state index contributed by atoms with van der Waals surface area (Å²) in [5.74, 6) is 0.807. The molecule has 1 N–H and O–H groups in total. The van der Waals surface area contributed by atoms with Gasteiger partial charge >= 0.3 is 5.97 Å². The predicted molar refractivity (Wildman–Crippen MR) is 110 cm³/mol. The Morgan fingerprint density at radius 1 is 1.03 bits per heavy atom. The number of carbonyl (C=O) groups excluding carboxylic acids is 2. The molecule has 0 bridgehead atoms. The Morgan fingerprint density at radius 3 is 2.38 bits per heavy atom. The van der Waals surface area contributed by atoms with Crippen molar-refractivity contribution < 1.29 is 28.5 Å². The number of hydrogen-bond donors (Lipinski definition) is 1. The number of benzene rings is 2. The highest BCUT2D eigenvalue weighted by molar-refractivity contribution is 5.96. The monoisotopic (exact) mass is 399 g/mol. The van der Waals surface area contributed by atoms with E-state index in [1.807, 2.05) is 6.92 Å². The zero-order chi connectivity index (χ0) is 21.2. The van der Waals surface area contributed by atoms with Crippen LogP contribution in [0.5, 0.6) is 17.2 Å². The van der Waals surface area contributed by atoms with Gasteiger partial charge in [-0.15, -0.1) is 0 Å². The third kappa shape index (κ3) is 6.57. The van der Waals surface area contributed by atoms with Crippen molar-refractivity contribution in [2.24, 2.45) is 0 Å².